The lowest BCUT2D eigenvalue weighted by Crippen LogP contribution is -2.39. The Kier molecular flexibility index (Phi) is 7.08. The van der Waals surface area contributed by atoms with Crippen LogP contribution in [0.2, 0.25) is 0 Å². The van der Waals surface area contributed by atoms with Gasteiger partial charge in [0.15, 0.2) is 5.65 Å². The van der Waals surface area contributed by atoms with E-state index < -0.39 is 0 Å². The Morgan fingerprint density at radius 1 is 1.06 bits per heavy atom. The van der Waals surface area contributed by atoms with Gasteiger partial charge in [0.1, 0.15) is 30.1 Å². The number of fused-ring (bicyclic) bond motifs is 1. The molecule has 1 aromatic carbocycles. The van der Waals surface area contributed by atoms with Crippen molar-refractivity contribution in [3.63, 3.8) is 0 Å². The van der Waals surface area contributed by atoms with Crippen molar-refractivity contribution in [1.82, 2.24) is 19.9 Å². The number of methoxy groups -OCH3 is 1. The summed E-state index contributed by atoms with van der Waals surface area (Å²) in [4.78, 5) is 31.3. The number of anilines is 1. The monoisotopic (exact) mass is 487 g/mol. The standard InChI is InChI=1S/C27H29N5O4/c1-18-14-22-25(29-23(30-27(22)33)17-35-16-19-6-4-3-5-7-19)31-26(18)32-12-10-20(11-13-32)36-21-8-9-24(34-2)28-15-21/h3-9,14-15,20H,10-13,16-17H2,1-2H3,(H,29,30,31,33). The predicted octanol–water partition coefficient (Wildman–Crippen LogP) is 3.79. The molecule has 4 heterocycles. The number of benzene rings is 1. The molecule has 9 nitrogen and oxygen atoms in total. The van der Waals surface area contributed by atoms with Crippen LogP contribution in [0.15, 0.2) is 59.5 Å². The van der Waals surface area contributed by atoms with Crippen molar-refractivity contribution in [3.05, 3.63) is 82.0 Å². The molecule has 0 amide bonds. The number of piperidine rings is 1. The summed E-state index contributed by atoms with van der Waals surface area (Å²) in [5.41, 5.74) is 2.23. The fraction of sp³-hybridized carbons (Fsp3) is 0.333. The molecule has 0 aliphatic carbocycles. The second-order valence-electron chi connectivity index (χ2n) is 8.83. The smallest absolute Gasteiger partial charge is 0.260 e. The molecule has 0 unspecified atom stereocenters. The normalized spacial score (nSPS) is 14.2. The molecule has 1 aliphatic heterocycles. The van der Waals surface area contributed by atoms with Gasteiger partial charge in [-0.25, -0.2) is 15.0 Å². The molecule has 0 spiro atoms. The van der Waals surface area contributed by atoms with Gasteiger partial charge in [0, 0.05) is 32.0 Å². The van der Waals surface area contributed by atoms with Crippen LogP contribution in [-0.4, -0.2) is 46.2 Å². The van der Waals surface area contributed by atoms with E-state index in [4.69, 9.17) is 19.2 Å². The fourth-order valence-electron chi connectivity index (χ4n) is 4.36. The highest BCUT2D eigenvalue weighted by Gasteiger charge is 2.23. The molecule has 1 fully saturated rings. The summed E-state index contributed by atoms with van der Waals surface area (Å²) >= 11 is 0. The number of H-pyrrole nitrogens is 1. The third kappa shape index (κ3) is 5.46. The quantitative estimate of drug-likeness (QED) is 0.400. The van der Waals surface area contributed by atoms with E-state index in [2.05, 4.69) is 19.9 Å². The maximum absolute atomic E-state index is 12.7. The first-order valence-electron chi connectivity index (χ1n) is 12.0. The molecule has 0 atom stereocenters. The molecule has 0 radical (unpaired) electrons. The molecule has 0 saturated carbocycles. The Morgan fingerprint density at radius 2 is 1.86 bits per heavy atom. The van der Waals surface area contributed by atoms with Crippen LogP contribution in [0, 0.1) is 6.92 Å². The van der Waals surface area contributed by atoms with E-state index in [9.17, 15) is 4.79 Å². The first-order valence-corrected chi connectivity index (χ1v) is 12.0. The molecule has 0 bridgehead atoms. The topological polar surface area (TPSA) is 102 Å². The molecular weight excluding hydrogens is 458 g/mol. The van der Waals surface area contributed by atoms with Crippen molar-refractivity contribution in [2.75, 3.05) is 25.1 Å². The third-order valence-electron chi connectivity index (χ3n) is 6.22. The lowest BCUT2D eigenvalue weighted by molar-refractivity contribution is 0.102. The number of hydrogen-bond donors (Lipinski definition) is 1. The van der Waals surface area contributed by atoms with Crippen molar-refractivity contribution in [2.45, 2.75) is 39.1 Å². The maximum Gasteiger partial charge on any atom is 0.260 e. The Morgan fingerprint density at radius 3 is 2.58 bits per heavy atom. The molecule has 186 valence electrons. The lowest BCUT2D eigenvalue weighted by atomic mass is 10.1. The van der Waals surface area contributed by atoms with Crippen molar-refractivity contribution in [2.24, 2.45) is 0 Å². The second kappa shape index (κ2) is 10.7. The zero-order valence-electron chi connectivity index (χ0n) is 20.4. The number of ether oxygens (including phenoxy) is 3. The van der Waals surface area contributed by atoms with Gasteiger partial charge in [0.05, 0.1) is 25.3 Å². The number of hydrogen-bond acceptors (Lipinski definition) is 8. The van der Waals surface area contributed by atoms with Gasteiger partial charge in [-0.15, -0.1) is 0 Å². The first kappa shape index (κ1) is 23.7. The number of aryl methyl sites for hydroxylation is 1. The van der Waals surface area contributed by atoms with Gasteiger partial charge < -0.3 is 24.1 Å². The molecule has 4 aromatic rings. The van der Waals surface area contributed by atoms with Crippen LogP contribution in [0.1, 0.15) is 29.8 Å². The van der Waals surface area contributed by atoms with Crippen molar-refractivity contribution < 1.29 is 14.2 Å². The molecule has 9 heteroatoms. The van der Waals surface area contributed by atoms with Crippen LogP contribution in [0.3, 0.4) is 0 Å². The minimum atomic E-state index is -0.208. The van der Waals surface area contributed by atoms with Gasteiger partial charge in [-0.3, -0.25) is 4.79 Å². The molecule has 5 rings (SSSR count). The van der Waals surface area contributed by atoms with E-state index in [1.807, 2.05) is 49.4 Å². The van der Waals surface area contributed by atoms with Gasteiger partial charge in [0.25, 0.3) is 5.56 Å². The van der Waals surface area contributed by atoms with Gasteiger partial charge in [-0.2, -0.15) is 0 Å². The van der Waals surface area contributed by atoms with Crippen LogP contribution >= 0.6 is 0 Å². The van der Waals surface area contributed by atoms with Crippen LogP contribution in [-0.2, 0) is 18.0 Å². The number of aromatic nitrogens is 4. The summed E-state index contributed by atoms with van der Waals surface area (Å²) in [5, 5.41) is 0.480. The van der Waals surface area contributed by atoms with Crippen molar-refractivity contribution in [1.29, 1.82) is 0 Å². The van der Waals surface area contributed by atoms with E-state index in [1.54, 1.807) is 19.4 Å². The van der Waals surface area contributed by atoms with Crippen LogP contribution < -0.4 is 19.9 Å². The largest absolute Gasteiger partial charge is 0.489 e. The number of rotatable bonds is 8. The Balaban J connectivity index is 1.25. The highest BCUT2D eigenvalue weighted by molar-refractivity contribution is 5.77. The lowest BCUT2D eigenvalue weighted by Gasteiger charge is -2.33. The minimum Gasteiger partial charge on any atom is -0.489 e. The van der Waals surface area contributed by atoms with Crippen molar-refractivity contribution >= 4 is 16.9 Å². The SMILES string of the molecule is COc1ccc(OC2CCN(c3nc4nc(COCc5ccccc5)[nH]c(=O)c4cc3C)CC2)cn1. The molecule has 1 aliphatic rings. The zero-order valence-corrected chi connectivity index (χ0v) is 20.4. The maximum atomic E-state index is 12.7. The van der Waals surface area contributed by atoms with Gasteiger partial charge in [-0.05, 0) is 30.2 Å². The Hall–Kier alpha value is -3.98. The van der Waals surface area contributed by atoms with E-state index in [-0.39, 0.29) is 18.3 Å². The number of pyridine rings is 2. The van der Waals surface area contributed by atoms with Gasteiger partial charge in [0.2, 0.25) is 5.88 Å². The third-order valence-corrected chi connectivity index (χ3v) is 6.22. The summed E-state index contributed by atoms with van der Waals surface area (Å²) in [6.07, 6.45) is 3.50. The average molecular weight is 488 g/mol. The molecule has 1 N–H and O–H groups in total. The summed E-state index contributed by atoms with van der Waals surface area (Å²) in [6.45, 7) is 4.21. The van der Waals surface area contributed by atoms with E-state index in [0.29, 0.717) is 29.3 Å². The summed E-state index contributed by atoms with van der Waals surface area (Å²) < 4.78 is 17.0. The number of nitrogens with zero attached hydrogens (tertiary/aromatic N) is 4. The Bertz CT molecular complexity index is 1370. The fourth-order valence-corrected chi connectivity index (χ4v) is 4.36. The number of nitrogens with one attached hydrogen (secondary N) is 1. The highest BCUT2D eigenvalue weighted by Crippen LogP contribution is 2.26. The summed E-state index contributed by atoms with van der Waals surface area (Å²) in [6, 6.07) is 15.4. The predicted molar refractivity (Wildman–Crippen MR) is 136 cm³/mol. The number of aromatic amines is 1. The van der Waals surface area contributed by atoms with Crippen LogP contribution in [0.5, 0.6) is 11.6 Å². The summed E-state index contributed by atoms with van der Waals surface area (Å²) in [7, 11) is 1.59. The first-order chi connectivity index (χ1) is 17.6. The molecular formula is C27H29N5O4. The van der Waals surface area contributed by atoms with Gasteiger partial charge in [-0.1, -0.05) is 30.3 Å². The van der Waals surface area contributed by atoms with Gasteiger partial charge >= 0.3 is 0 Å². The zero-order chi connectivity index (χ0) is 24.9. The van der Waals surface area contributed by atoms with Crippen LogP contribution in [0.25, 0.3) is 11.0 Å². The molecule has 1 saturated heterocycles. The molecule has 3 aromatic heterocycles. The van der Waals surface area contributed by atoms with Crippen LogP contribution in [0.4, 0.5) is 5.82 Å². The second-order valence-corrected chi connectivity index (χ2v) is 8.83. The minimum absolute atomic E-state index is 0.103. The summed E-state index contributed by atoms with van der Waals surface area (Å²) in [5.74, 6) is 2.61. The van der Waals surface area contributed by atoms with E-state index in [0.717, 1.165) is 48.6 Å². The Labute approximate surface area is 209 Å². The average Bonchev–Trinajstić information content (AvgIpc) is 2.90. The van der Waals surface area contributed by atoms with Crippen molar-refractivity contribution in [3.8, 4) is 11.6 Å². The highest BCUT2D eigenvalue weighted by atomic mass is 16.5. The van der Waals surface area contributed by atoms with E-state index >= 15 is 0 Å². The molecule has 36 heavy (non-hydrogen) atoms. The van der Waals surface area contributed by atoms with E-state index in [1.165, 1.54) is 0 Å².